The van der Waals surface area contributed by atoms with E-state index in [4.69, 9.17) is 0 Å². The maximum absolute atomic E-state index is 11.7. The molecule has 0 atom stereocenters. The minimum absolute atomic E-state index is 0.137. The smallest absolute Gasteiger partial charge is 0.272 e. The lowest BCUT2D eigenvalue weighted by molar-refractivity contribution is -0.286. The summed E-state index contributed by atoms with van der Waals surface area (Å²) in [6.07, 6.45) is -6.44. The van der Waals surface area contributed by atoms with Gasteiger partial charge in [0.1, 0.15) is 0 Å². The van der Waals surface area contributed by atoms with Gasteiger partial charge in [0, 0.05) is 0 Å². The Hall–Kier alpha value is -1.13. The summed E-state index contributed by atoms with van der Waals surface area (Å²) in [6.45, 7) is -2.70. The van der Waals surface area contributed by atoms with Crippen molar-refractivity contribution in [3.8, 4) is 0 Å². The van der Waals surface area contributed by atoms with Crippen molar-refractivity contribution in [2.45, 2.75) is 12.1 Å². The third-order valence-corrected chi connectivity index (χ3v) is 1.25. The molecule has 0 fully saturated rings. The third kappa shape index (κ3) is 4.59. The van der Waals surface area contributed by atoms with Crippen molar-refractivity contribution in [1.82, 2.24) is 15.2 Å². The average molecular weight is 271 g/mol. The average Bonchev–Trinajstić information content (AvgIpc) is 2.49. The molecule has 0 spiro atoms. The maximum Gasteiger partial charge on any atom is 0.456 e. The van der Waals surface area contributed by atoms with Crippen LogP contribution in [0.2, 0.25) is 0 Å². The highest BCUT2D eigenvalue weighted by Crippen LogP contribution is 2.35. The van der Waals surface area contributed by atoms with Crippen LogP contribution < -0.4 is 0 Å². The molecule has 0 aliphatic rings. The predicted octanol–water partition coefficient (Wildman–Crippen LogP) is 2.76. The standard InChI is InChI=1S/C3H2F6.C2H2FN3S/c4-1-2(5,6)3(7,8)9;3-1-4-2(7)6-5-1/h1H2;(H2,4,5,6,7). The maximum atomic E-state index is 11.7. The van der Waals surface area contributed by atoms with Crippen LogP contribution in [0.4, 0.5) is 30.7 Å². The summed E-state index contributed by atoms with van der Waals surface area (Å²) in [7, 11) is 0. The minimum Gasteiger partial charge on any atom is -0.272 e. The van der Waals surface area contributed by atoms with Crippen LogP contribution in [0.25, 0.3) is 0 Å². The van der Waals surface area contributed by atoms with Crippen LogP contribution in [-0.2, 0) is 0 Å². The van der Waals surface area contributed by atoms with Crippen molar-refractivity contribution in [1.29, 1.82) is 0 Å². The van der Waals surface area contributed by atoms with Gasteiger partial charge in [0.05, 0.1) is 0 Å². The van der Waals surface area contributed by atoms with Crippen molar-refractivity contribution >= 4 is 12.2 Å². The van der Waals surface area contributed by atoms with Gasteiger partial charge in [0.2, 0.25) is 4.77 Å². The van der Waals surface area contributed by atoms with Crippen molar-refractivity contribution in [3.05, 3.63) is 10.8 Å². The normalized spacial score (nSPS) is 11.9. The highest BCUT2D eigenvalue weighted by molar-refractivity contribution is 7.71. The Morgan fingerprint density at radius 3 is 1.69 bits per heavy atom. The van der Waals surface area contributed by atoms with Crippen molar-refractivity contribution in [2.24, 2.45) is 0 Å². The number of hydrogen-bond acceptors (Lipinski definition) is 2. The second-order valence-corrected chi connectivity index (χ2v) is 2.68. The molecule has 1 aromatic heterocycles. The third-order valence-electron chi connectivity index (χ3n) is 1.05. The molecule has 2 N–H and O–H groups in total. The van der Waals surface area contributed by atoms with E-state index in [9.17, 15) is 30.7 Å². The number of aromatic nitrogens is 3. The SMILES string of the molecule is FCC(F)(F)C(F)(F)F.Fc1nc(=S)[nH][nH]1. The number of alkyl halides is 6. The van der Waals surface area contributed by atoms with Crippen LogP contribution in [0.3, 0.4) is 0 Å². The lowest BCUT2D eigenvalue weighted by atomic mass is 10.4. The largest absolute Gasteiger partial charge is 0.456 e. The molecule has 0 aliphatic carbocycles. The lowest BCUT2D eigenvalue weighted by Crippen LogP contribution is -2.38. The summed E-state index contributed by atoms with van der Waals surface area (Å²) in [5.74, 6) is -5.19. The van der Waals surface area contributed by atoms with Gasteiger partial charge in [-0.05, 0) is 12.2 Å². The van der Waals surface area contributed by atoms with Gasteiger partial charge in [-0.3, -0.25) is 10.2 Å². The number of hydrogen-bond donors (Lipinski definition) is 2. The molecule has 0 radical (unpaired) electrons. The first-order valence-electron chi connectivity index (χ1n) is 3.41. The van der Waals surface area contributed by atoms with Crippen LogP contribution in [0, 0.1) is 10.8 Å². The van der Waals surface area contributed by atoms with E-state index in [-0.39, 0.29) is 4.77 Å². The molecule has 11 heteroatoms. The van der Waals surface area contributed by atoms with E-state index in [2.05, 4.69) is 27.4 Å². The Labute approximate surface area is 88.7 Å². The molecule has 0 bridgehead atoms. The van der Waals surface area contributed by atoms with Crippen molar-refractivity contribution in [3.63, 3.8) is 0 Å². The number of aromatic amines is 2. The summed E-state index contributed by atoms with van der Waals surface area (Å²) in [4.78, 5) is 3.15. The van der Waals surface area contributed by atoms with E-state index >= 15 is 0 Å². The first-order valence-corrected chi connectivity index (χ1v) is 3.81. The monoisotopic (exact) mass is 271 g/mol. The van der Waals surface area contributed by atoms with Gasteiger partial charge in [-0.15, -0.1) is 0 Å². The zero-order valence-corrected chi connectivity index (χ0v) is 8.02. The fourth-order valence-corrected chi connectivity index (χ4v) is 0.457. The Balaban J connectivity index is 0.000000288. The Morgan fingerprint density at radius 2 is 1.62 bits per heavy atom. The summed E-state index contributed by atoms with van der Waals surface area (Å²) in [5, 5.41) is 4.33. The highest BCUT2D eigenvalue weighted by Gasteiger charge is 2.57. The van der Waals surface area contributed by atoms with Gasteiger partial charge in [0.15, 0.2) is 6.67 Å². The van der Waals surface area contributed by atoms with Crippen LogP contribution in [-0.4, -0.2) is 34.0 Å². The number of rotatable bonds is 1. The van der Waals surface area contributed by atoms with Crippen LogP contribution in [0.5, 0.6) is 0 Å². The summed E-state index contributed by atoms with van der Waals surface area (Å²) >= 11 is 4.39. The van der Waals surface area contributed by atoms with Crippen LogP contribution in [0.1, 0.15) is 0 Å². The summed E-state index contributed by atoms with van der Waals surface area (Å²) in [5.41, 5.74) is 0. The first kappa shape index (κ1) is 14.9. The molecule has 0 aromatic carbocycles. The highest BCUT2D eigenvalue weighted by atomic mass is 32.1. The fourth-order valence-electron chi connectivity index (χ4n) is 0.326. The zero-order valence-electron chi connectivity index (χ0n) is 7.21. The number of nitrogens with one attached hydrogen (secondary N) is 2. The molecule has 0 saturated carbocycles. The second-order valence-electron chi connectivity index (χ2n) is 2.29. The molecule has 1 rings (SSSR count). The van der Waals surface area contributed by atoms with E-state index in [0.29, 0.717) is 0 Å². The molecule has 3 nitrogen and oxygen atoms in total. The van der Waals surface area contributed by atoms with Gasteiger partial charge in [-0.25, -0.2) is 4.39 Å². The molecule has 16 heavy (non-hydrogen) atoms. The number of H-pyrrole nitrogens is 2. The molecule has 0 amide bonds. The minimum atomic E-state index is -5.76. The number of halogens is 7. The van der Waals surface area contributed by atoms with Gasteiger partial charge in [0.25, 0.3) is 0 Å². The van der Waals surface area contributed by atoms with E-state index in [1.54, 1.807) is 0 Å². The Morgan fingerprint density at radius 1 is 1.12 bits per heavy atom. The van der Waals surface area contributed by atoms with Crippen molar-refractivity contribution < 1.29 is 30.7 Å². The zero-order chi connectivity index (χ0) is 13.0. The molecule has 0 aliphatic heterocycles. The molecule has 1 heterocycles. The van der Waals surface area contributed by atoms with Gasteiger partial charge < -0.3 is 0 Å². The van der Waals surface area contributed by atoms with E-state index < -0.39 is 24.9 Å². The van der Waals surface area contributed by atoms with E-state index in [1.807, 2.05) is 0 Å². The molecular weight excluding hydrogens is 267 g/mol. The van der Waals surface area contributed by atoms with Crippen LogP contribution in [0.15, 0.2) is 0 Å². The van der Waals surface area contributed by atoms with Crippen molar-refractivity contribution in [2.75, 3.05) is 6.67 Å². The molecule has 0 unspecified atom stereocenters. The van der Waals surface area contributed by atoms with E-state index in [1.165, 1.54) is 0 Å². The lowest BCUT2D eigenvalue weighted by Gasteiger charge is -2.14. The van der Waals surface area contributed by atoms with Crippen LogP contribution >= 0.6 is 12.2 Å². The Kier molecular flexibility index (Phi) is 4.90. The van der Waals surface area contributed by atoms with Gasteiger partial charge in [-0.1, -0.05) is 0 Å². The molecular formula is C5H4F7N3S. The predicted molar refractivity (Wildman–Crippen MR) is 40.7 cm³/mol. The summed E-state index contributed by atoms with van der Waals surface area (Å²) in [6, 6.07) is 0. The van der Waals surface area contributed by atoms with Gasteiger partial charge in [-0.2, -0.15) is 31.3 Å². The topological polar surface area (TPSA) is 44.5 Å². The molecule has 0 saturated heterocycles. The Bertz CT molecular complexity index is 367. The summed E-state index contributed by atoms with van der Waals surface area (Å²) < 4.78 is 77.4. The van der Waals surface area contributed by atoms with Gasteiger partial charge >= 0.3 is 18.2 Å². The molecule has 1 aromatic rings. The van der Waals surface area contributed by atoms with E-state index in [0.717, 1.165) is 0 Å². The number of nitrogens with zero attached hydrogens (tertiary/aromatic N) is 1. The second kappa shape index (κ2) is 5.27. The first-order chi connectivity index (χ1) is 7.10. The molecule has 94 valence electrons. The fraction of sp³-hybridized carbons (Fsp3) is 0.600. The quantitative estimate of drug-likeness (QED) is 0.609.